The predicted octanol–water partition coefficient (Wildman–Crippen LogP) is 8.90. The molecule has 0 amide bonds. The normalized spacial score (nSPS) is 14.6. The van der Waals surface area contributed by atoms with Crippen LogP contribution in [-0.4, -0.2) is 11.1 Å². The predicted molar refractivity (Wildman–Crippen MR) is 170 cm³/mol. The fraction of sp³-hybridized carbons (Fsp3) is 0.235. The Hall–Kier alpha value is -3.61. The first kappa shape index (κ1) is 27.9. The largest absolute Gasteiger partial charge is 0.481 e. The van der Waals surface area contributed by atoms with E-state index < -0.39 is 5.97 Å². The number of aliphatic carboxylic acids is 1. The van der Waals surface area contributed by atoms with Gasteiger partial charge in [-0.2, -0.15) is 4.57 Å². The molecule has 0 unspecified atom stereocenters. The summed E-state index contributed by atoms with van der Waals surface area (Å²) in [6.45, 7) is 11.2. The van der Waals surface area contributed by atoms with Crippen molar-refractivity contribution in [1.29, 1.82) is 0 Å². The fourth-order valence-corrected chi connectivity index (χ4v) is 7.26. The highest BCUT2D eigenvalue weighted by Gasteiger charge is 2.28. The Bertz CT molecular complexity index is 1690. The molecule has 204 valence electrons. The molecule has 0 spiro atoms. The highest BCUT2D eigenvalue weighted by Crippen LogP contribution is 2.51. The van der Waals surface area contributed by atoms with Crippen LogP contribution in [0.2, 0.25) is 0 Å². The van der Waals surface area contributed by atoms with E-state index in [1.807, 2.05) is 11.8 Å². The minimum absolute atomic E-state index is 0.0952. The van der Waals surface area contributed by atoms with Crippen LogP contribution in [0.15, 0.2) is 88.3 Å². The molecule has 0 radical (unpaired) electrons. The molecule has 0 fully saturated rings. The van der Waals surface area contributed by atoms with E-state index in [2.05, 4.69) is 123 Å². The van der Waals surface area contributed by atoms with E-state index in [1.165, 1.54) is 48.3 Å². The van der Waals surface area contributed by atoms with E-state index in [1.54, 1.807) is 11.3 Å². The first-order valence-electron chi connectivity index (χ1n) is 13.6. The number of carbonyl (C=O) groups is 1. The lowest BCUT2D eigenvalue weighted by atomic mass is 10.1. The van der Waals surface area contributed by atoms with Crippen molar-refractivity contribution in [3.8, 4) is 0 Å². The number of carboxylic acids is 1. The van der Waals surface area contributed by atoms with Crippen molar-refractivity contribution in [2.75, 3.05) is 4.90 Å². The number of para-hydroxylation sites is 1. The van der Waals surface area contributed by atoms with Crippen LogP contribution >= 0.6 is 23.1 Å². The lowest BCUT2D eigenvalue weighted by molar-refractivity contribution is -0.667. The highest BCUT2D eigenvalue weighted by molar-refractivity contribution is 8.03. The van der Waals surface area contributed by atoms with Gasteiger partial charge < -0.3 is 10.0 Å². The van der Waals surface area contributed by atoms with E-state index in [0.29, 0.717) is 6.54 Å². The van der Waals surface area contributed by atoms with E-state index in [0.717, 1.165) is 22.5 Å². The third-order valence-corrected chi connectivity index (χ3v) is 9.47. The second-order valence-electron chi connectivity index (χ2n) is 10.3. The van der Waals surface area contributed by atoms with Crippen molar-refractivity contribution < 1.29 is 14.5 Å². The zero-order valence-electron chi connectivity index (χ0n) is 23.7. The number of aromatic nitrogens is 1. The molecule has 0 saturated heterocycles. The molecular formula is C34H35N2O2S2+. The molecule has 1 N–H and O–H groups in total. The summed E-state index contributed by atoms with van der Waals surface area (Å²) < 4.78 is 3.29. The average molecular weight is 568 g/mol. The Labute approximate surface area is 245 Å². The maximum Gasteiger partial charge on any atom is 0.309 e. The van der Waals surface area contributed by atoms with Gasteiger partial charge >= 0.3 is 5.97 Å². The van der Waals surface area contributed by atoms with E-state index in [-0.39, 0.29) is 6.42 Å². The standard InChI is InChI=1S/C34H34N2O2S2/c1-6-26-9-7-8-10-27(26)36-29-20-24(4)25(5)21-31(29)40-33(36)16-13-22(2)12-15-32-35(18-17-34(37)38)28-14-11-23(3)19-30(28)39-32/h7-16,19-21H,6,17-18H2,1-5H3/p+1. The molecule has 4 nitrogen and oxygen atoms in total. The first-order valence-corrected chi connectivity index (χ1v) is 15.3. The summed E-state index contributed by atoms with van der Waals surface area (Å²) in [6.07, 6.45) is 9.69. The molecule has 3 aromatic carbocycles. The monoisotopic (exact) mass is 567 g/mol. The van der Waals surface area contributed by atoms with Gasteiger partial charge in [0, 0.05) is 22.7 Å². The SMILES string of the molecule is CCc1ccccc1N1C(=CC=C(C)C=Cc2sc3cc(C)ccc3[n+]2CCC(=O)O)Sc2cc(C)c(C)cc21. The van der Waals surface area contributed by atoms with Crippen molar-refractivity contribution in [1.82, 2.24) is 0 Å². The number of hydrogen-bond donors (Lipinski definition) is 1. The van der Waals surface area contributed by atoms with Crippen LogP contribution in [0, 0.1) is 20.8 Å². The van der Waals surface area contributed by atoms with Gasteiger partial charge in [0.1, 0.15) is 11.1 Å². The summed E-state index contributed by atoms with van der Waals surface area (Å²) in [5.74, 6) is -0.786. The molecule has 1 aliphatic heterocycles. The number of allylic oxidation sites excluding steroid dienone is 4. The molecule has 0 atom stereocenters. The van der Waals surface area contributed by atoms with Gasteiger partial charge in [-0.25, -0.2) is 0 Å². The second kappa shape index (κ2) is 11.9. The Morgan fingerprint density at radius 2 is 1.80 bits per heavy atom. The third kappa shape index (κ3) is 5.79. The van der Waals surface area contributed by atoms with Gasteiger partial charge in [0.25, 0.3) is 5.01 Å². The molecule has 4 aromatic rings. The number of thioether (sulfide) groups is 1. The number of aryl methyl sites for hydroxylation is 5. The van der Waals surface area contributed by atoms with Crippen LogP contribution in [-0.2, 0) is 17.8 Å². The molecule has 1 aromatic heterocycles. The topological polar surface area (TPSA) is 44.4 Å². The smallest absolute Gasteiger partial charge is 0.309 e. The molecule has 6 heteroatoms. The number of rotatable bonds is 8. The highest BCUT2D eigenvalue weighted by atomic mass is 32.2. The van der Waals surface area contributed by atoms with Crippen molar-refractivity contribution in [3.63, 3.8) is 0 Å². The molecule has 0 aliphatic carbocycles. The Morgan fingerprint density at radius 1 is 1.02 bits per heavy atom. The number of nitrogens with zero attached hydrogens (tertiary/aromatic N) is 2. The second-order valence-corrected chi connectivity index (χ2v) is 12.4. The van der Waals surface area contributed by atoms with Gasteiger partial charge in [0.15, 0.2) is 6.54 Å². The van der Waals surface area contributed by atoms with Crippen molar-refractivity contribution in [2.45, 2.75) is 58.9 Å². The average Bonchev–Trinajstić information content (AvgIpc) is 3.46. The molecule has 1 aliphatic rings. The first-order chi connectivity index (χ1) is 19.2. The van der Waals surface area contributed by atoms with Crippen LogP contribution in [0.4, 0.5) is 11.4 Å². The van der Waals surface area contributed by atoms with E-state index >= 15 is 0 Å². The number of carboxylic acid groups (broad SMARTS) is 1. The molecule has 2 heterocycles. The van der Waals surface area contributed by atoms with Gasteiger partial charge in [-0.3, -0.25) is 4.79 Å². The van der Waals surface area contributed by atoms with Gasteiger partial charge in [-0.05, 0) is 86.7 Å². The summed E-state index contributed by atoms with van der Waals surface area (Å²) in [7, 11) is 0. The molecule has 0 saturated carbocycles. The lowest BCUT2D eigenvalue weighted by Gasteiger charge is -2.23. The number of anilines is 2. The zero-order chi connectivity index (χ0) is 28.4. The van der Waals surface area contributed by atoms with Gasteiger partial charge in [0.05, 0.1) is 10.7 Å². The minimum Gasteiger partial charge on any atom is -0.481 e. The molecule has 0 bridgehead atoms. The summed E-state index contributed by atoms with van der Waals surface area (Å²) in [6, 6.07) is 19.6. The van der Waals surface area contributed by atoms with Crippen molar-refractivity contribution in [3.05, 3.63) is 111 Å². The lowest BCUT2D eigenvalue weighted by Crippen LogP contribution is -2.36. The number of hydrogen-bond acceptors (Lipinski definition) is 4. The summed E-state index contributed by atoms with van der Waals surface area (Å²) in [5, 5.41) is 11.5. The van der Waals surface area contributed by atoms with Crippen molar-refractivity contribution in [2.24, 2.45) is 0 Å². The van der Waals surface area contributed by atoms with Crippen molar-refractivity contribution >= 4 is 56.7 Å². The Balaban J connectivity index is 1.49. The van der Waals surface area contributed by atoms with Crippen LogP contribution < -0.4 is 9.47 Å². The van der Waals surface area contributed by atoms with Gasteiger partial charge in [0.2, 0.25) is 5.52 Å². The van der Waals surface area contributed by atoms with Crippen LogP contribution in [0.25, 0.3) is 16.3 Å². The fourth-order valence-electron chi connectivity index (χ4n) is 4.93. The summed E-state index contributed by atoms with van der Waals surface area (Å²) in [4.78, 5) is 15.0. The zero-order valence-corrected chi connectivity index (χ0v) is 25.3. The van der Waals surface area contributed by atoms with Crippen LogP contribution in [0.1, 0.15) is 47.5 Å². The quantitative estimate of drug-likeness (QED) is 0.171. The molecular weight excluding hydrogens is 533 g/mol. The summed E-state index contributed by atoms with van der Waals surface area (Å²) in [5.41, 5.74) is 9.80. The van der Waals surface area contributed by atoms with Crippen LogP contribution in [0.5, 0.6) is 0 Å². The van der Waals surface area contributed by atoms with Gasteiger partial charge in [-0.1, -0.05) is 72.0 Å². The van der Waals surface area contributed by atoms with Gasteiger partial charge in [-0.15, -0.1) is 0 Å². The maximum absolute atomic E-state index is 11.3. The number of thiazole rings is 1. The maximum atomic E-state index is 11.3. The van der Waals surface area contributed by atoms with Crippen LogP contribution in [0.3, 0.4) is 0 Å². The number of benzene rings is 3. The summed E-state index contributed by atoms with van der Waals surface area (Å²) >= 11 is 3.51. The van der Waals surface area contributed by atoms with E-state index in [9.17, 15) is 9.90 Å². The molecule has 5 rings (SSSR count). The number of fused-ring (bicyclic) bond motifs is 2. The molecule has 40 heavy (non-hydrogen) atoms. The Kier molecular flexibility index (Phi) is 8.29. The van der Waals surface area contributed by atoms with E-state index in [4.69, 9.17) is 0 Å². The Morgan fingerprint density at radius 3 is 2.58 bits per heavy atom. The minimum atomic E-state index is -0.786. The third-order valence-electron chi connectivity index (χ3n) is 7.28.